The molecular weight excluding hydrogens is 343 g/mol. The second-order valence-corrected chi connectivity index (χ2v) is 4.98. The number of hydrazone groups is 1. The molecule has 0 saturated heterocycles. The van der Waals surface area contributed by atoms with E-state index in [1.165, 1.54) is 24.3 Å². The molecule has 0 aliphatic rings. The summed E-state index contributed by atoms with van der Waals surface area (Å²) in [7, 11) is 0. The highest BCUT2D eigenvalue weighted by molar-refractivity contribution is 9.10. The van der Waals surface area contributed by atoms with Crippen LogP contribution < -0.4 is 5.43 Å². The molecule has 2 aromatic carbocycles. The second-order valence-electron chi connectivity index (χ2n) is 4.07. The maximum Gasteiger partial charge on any atom is 0.275 e. The maximum absolute atomic E-state index is 13.4. The summed E-state index contributed by atoms with van der Waals surface area (Å²) in [5.74, 6) is -1.71. The summed E-state index contributed by atoms with van der Waals surface area (Å²) in [4.78, 5) is 11.7. The number of carbonyl (C=O) groups is 1. The van der Waals surface area contributed by atoms with Crippen LogP contribution in [-0.2, 0) is 0 Å². The number of amides is 1. The van der Waals surface area contributed by atoms with Crippen molar-refractivity contribution in [3.05, 3.63) is 57.8 Å². The van der Waals surface area contributed by atoms with E-state index in [-0.39, 0.29) is 22.6 Å². The van der Waals surface area contributed by atoms with Gasteiger partial charge in [0.05, 0.1) is 11.8 Å². The van der Waals surface area contributed by atoms with E-state index in [4.69, 9.17) is 5.11 Å². The number of nitrogens with one attached hydrogen (secondary N) is 1. The SMILES string of the molecule is O=C(NN=Cc1cc(Br)ccc1F)c1ccc(O)cc1O. The minimum absolute atomic E-state index is 0.0559. The lowest BCUT2D eigenvalue weighted by Gasteiger charge is -2.03. The summed E-state index contributed by atoms with van der Waals surface area (Å²) in [5, 5.41) is 22.3. The minimum atomic E-state index is -0.681. The van der Waals surface area contributed by atoms with Gasteiger partial charge in [-0.25, -0.2) is 9.82 Å². The Bertz CT molecular complexity index is 719. The van der Waals surface area contributed by atoms with Crippen LogP contribution in [-0.4, -0.2) is 22.3 Å². The fourth-order valence-corrected chi connectivity index (χ4v) is 1.93. The zero-order valence-electron chi connectivity index (χ0n) is 10.5. The maximum atomic E-state index is 13.4. The Balaban J connectivity index is 2.10. The third-order valence-electron chi connectivity index (χ3n) is 2.55. The number of hydrogen-bond donors (Lipinski definition) is 3. The third-order valence-corrected chi connectivity index (χ3v) is 3.05. The van der Waals surface area contributed by atoms with E-state index >= 15 is 0 Å². The normalized spacial score (nSPS) is 10.8. The average Bonchev–Trinajstić information content (AvgIpc) is 2.42. The largest absolute Gasteiger partial charge is 0.508 e. The second kappa shape index (κ2) is 6.36. The van der Waals surface area contributed by atoms with Crippen molar-refractivity contribution in [3.63, 3.8) is 0 Å². The lowest BCUT2D eigenvalue weighted by Crippen LogP contribution is -2.17. The number of rotatable bonds is 3. The van der Waals surface area contributed by atoms with Crippen LogP contribution in [0.2, 0.25) is 0 Å². The van der Waals surface area contributed by atoms with Gasteiger partial charge in [-0.15, -0.1) is 0 Å². The van der Waals surface area contributed by atoms with E-state index in [1.807, 2.05) is 0 Å². The third kappa shape index (κ3) is 3.79. The predicted octanol–water partition coefficient (Wildman–Crippen LogP) is 2.76. The van der Waals surface area contributed by atoms with Crippen molar-refractivity contribution in [2.24, 2.45) is 5.10 Å². The molecule has 0 fully saturated rings. The molecule has 0 saturated carbocycles. The molecule has 0 aliphatic carbocycles. The molecular formula is C14H10BrFN2O3. The Morgan fingerprint density at radius 1 is 1.24 bits per heavy atom. The molecule has 0 atom stereocenters. The Morgan fingerprint density at radius 2 is 2.00 bits per heavy atom. The molecule has 0 bridgehead atoms. The fourth-order valence-electron chi connectivity index (χ4n) is 1.55. The summed E-state index contributed by atoms with van der Waals surface area (Å²) >= 11 is 3.20. The summed E-state index contributed by atoms with van der Waals surface area (Å²) in [6, 6.07) is 7.84. The average molecular weight is 353 g/mol. The van der Waals surface area contributed by atoms with Gasteiger partial charge in [0.2, 0.25) is 0 Å². The van der Waals surface area contributed by atoms with Crippen molar-refractivity contribution in [2.45, 2.75) is 0 Å². The molecule has 0 heterocycles. The summed E-state index contributed by atoms with van der Waals surface area (Å²) in [6.07, 6.45) is 1.15. The van der Waals surface area contributed by atoms with Crippen LogP contribution in [0.5, 0.6) is 11.5 Å². The highest BCUT2D eigenvalue weighted by atomic mass is 79.9. The van der Waals surface area contributed by atoms with E-state index in [2.05, 4.69) is 26.5 Å². The van der Waals surface area contributed by atoms with Crippen molar-refractivity contribution in [1.82, 2.24) is 5.43 Å². The number of hydrogen-bond acceptors (Lipinski definition) is 4. The molecule has 1 amide bonds. The van der Waals surface area contributed by atoms with Gasteiger partial charge in [-0.05, 0) is 30.3 Å². The standard InChI is InChI=1S/C14H10BrFN2O3/c15-9-1-4-12(16)8(5-9)7-17-18-14(21)11-3-2-10(19)6-13(11)20/h1-7,19-20H,(H,18,21). The van der Waals surface area contributed by atoms with E-state index in [0.717, 1.165) is 12.3 Å². The number of phenols is 2. The lowest BCUT2D eigenvalue weighted by molar-refractivity contribution is 0.0952. The molecule has 2 aromatic rings. The van der Waals surface area contributed by atoms with Crippen LogP contribution >= 0.6 is 15.9 Å². The highest BCUT2D eigenvalue weighted by Crippen LogP contribution is 2.22. The molecule has 108 valence electrons. The zero-order chi connectivity index (χ0) is 15.4. The summed E-state index contributed by atoms with van der Waals surface area (Å²) < 4.78 is 14.1. The van der Waals surface area contributed by atoms with Crippen molar-refractivity contribution >= 4 is 28.1 Å². The molecule has 0 unspecified atom stereocenters. The van der Waals surface area contributed by atoms with Gasteiger partial charge in [-0.1, -0.05) is 15.9 Å². The molecule has 0 radical (unpaired) electrons. The molecule has 0 aliphatic heterocycles. The van der Waals surface area contributed by atoms with Crippen molar-refractivity contribution in [2.75, 3.05) is 0 Å². The van der Waals surface area contributed by atoms with Gasteiger partial charge in [0.25, 0.3) is 5.91 Å². The highest BCUT2D eigenvalue weighted by Gasteiger charge is 2.10. The number of phenolic OH excluding ortho intramolecular Hbond substituents is 2. The van der Waals surface area contributed by atoms with Gasteiger partial charge in [0.1, 0.15) is 17.3 Å². The predicted molar refractivity (Wildman–Crippen MR) is 78.9 cm³/mol. The van der Waals surface area contributed by atoms with Gasteiger partial charge in [-0.3, -0.25) is 4.79 Å². The molecule has 5 nitrogen and oxygen atoms in total. The number of halogens is 2. The number of nitrogens with zero attached hydrogens (tertiary/aromatic N) is 1. The summed E-state index contributed by atoms with van der Waals surface area (Å²) in [6.45, 7) is 0. The van der Waals surface area contributed by atoms with Crippen LogP contribution in [0.25, 0.3) is 0 Å². The first-order valence-electron chi connectivity index (χ1n) is 5.78. The fraction of sp³-hybridized carbons (Fsp3) is 0. The van der Waals surface area contributed by atoms with Crippen molar-refractivity contribution < 1.29 is 19.4 Å². The molecule has 2 rings (SSSR count). The van der Waals surface area contributed by atoms with Gasteiger partial charge in [-0.2, -0.15) is 5.10 Å². The zero-order valence-corrected chi connectivity index (χ0v) is 12.1. The van der Waals surface area contributed by atoms with Crippen molar-refractivity contribution in [1.29, 1.82) is 0 Å². The van der Waals surface area contributed by atoms with Crippen LogP contribution in [0.3, 0.4) is 0 Å². The Morgan fingerprint density at radius 3 is 2.71 bits per heavy atom. The van der Waals surface area contributed by atoms with Crippen molar-refractivity contribution in [3.8, 4) is 11.5 Å². The Hall–Kier alpha value is -2.41. The topological polar surface area (TPSA) is 81.9 Å². The molecule has 21 heavy (non-hydrogen) atoms. The van der Waals surface area contributed by atoms with Crippen LogP contribution in [0, 0.1) is 5.82 Å². The Labute approximate surface area is 127 Å². The van der Waals surface area contributed by atoms with Gasteiger partial charge < -0.3 is 10.2 Å². The smallest absolute Gasteiger partial charge is 0.275 e. The first-order chi connectivity index (χ1) is 9.97. The lowest BCUT2D eigenvalue weighted by atomic mass is 10.2. The van der Waals surface area contributed by atoms with Crippen LogP contribution in [0.15, 0.2) is 46.0 Å². The van der Waals surface area contributed by atoms with Gasteiger partial charge in [0, 0.05) is 16.1 Å². The van der Waals surface area contributed by atoms with Crippen LogP contribution in [0.1, 0.15) is 15.9 Å². The molecule has 3 N–H and O–H groups in total. The summed E-state index contributed by atoms with van der Waals surface area (Å²) in [5.41, 5.74) is 2.30. The number of benzene rings is 2. The molecule has 0 spiro atoms. The quantitative estimate of drug-likeness (QED) is 0.586. The van der Waals surface area contributed by atoms with E-state index in [0.29, 0.717) is 4.47 Å². The minimum Gasteiger partial charge on any atom is -0.508 e. The van der Waals surface area contributed by atoms with Gasteiger partial charge >= 0.3 is 0 Å². The number of aromatic hydroxyl groups is 2. The van der Waals surface area contributed by atoms with Crippen LogP contribution in [0.4, 0.5) is 4.39 Å². The Kier molecular flexibility index (Phi) is 4.54. The van der Waals surface area contributed by atoms with E-state index in [9.17, 15) is 14.3 Å². The molecule has 7 heteroatoms. The van der Waals surface area contributed by atoms with E-state index < -0.39 is 11.7 Å². The monoisotopic (exact) mass is 352 g/mol. The first kappa shape index (κ1) is 15.0. The first-order valence-corrected chi connectivity index (χ1v) is 6.57. The van der Waals surface area contributed by atoms with E-state index in [1.54, 1.807) is 6.07 Å². The molecule has 0 aromatic heterocycles. The number of carbonyl (C=O) groups excluding carboxylic acids is 1. The van der Waals surface area contributed by atoms with Gasteiger partial charge in [0.15, 0.2) is 0 Å².